The number of halogens is 3. The molecule has 0 aromatic carbocycles. The Morgan fingerprint density at radius 2 is 2.08 bits per heavy atom. The van der Waals surface area contributed by atoms with Crippen molar-refractivity contribution in [2.45, 2.75) is 56.6 Å². The summed E-state index contributed by atoms with van der Waals surface area (Å²) in [5.41, 5.74) is -0.633. The van der Waals surface area contributed by atoms with E-state index in [0.717, 1.165) is 30.1 Å². The van der Waals surface area contributed by atoms with Gasteiger partial charge in [0.2, 0.25) is 0 Å². The van der Waals surface area contributed by atoms with Gasteiger partial charge in [-0.25, -0.2) is 9.98 Å². The van der Waals surface area contributed by atoms with E-state index in [-0.39, 0.29) is 18.8 Å². The third kappa shape index (κ3) is 3.10. The Morgan fingerprint density at radius 1 is 1.29 bits per heavy atom. The second kappa shape index (κ2) is 6.05. The molecule has 134 valence electrons. The lowest BCUT2D eigenvalue weighted by Crippen LogP contribution is -2.30. The van der Waals surface area contributed by atoms with Crippen molar-refractivity contribution in [3.8, 4) is 0 Å². The molecule has 1 aliphatic heterocycles. The number of fused-ring (bicyclic) bond motifs is 1. The summed E-state index contributed by atoms with van der Waals surface area (Å²) in [6.07, 6.45) is 3.66. The highest BCUT2D eigenvalue weighted by Crippen LogP contribution is 2.53. The van der Waals surface area contributed by atoms with Crippen molar-refractivity contribution in [1.82, 2.24) is 8.96 Å². The van der Waals surface area contributed by atoms with Crippen LogP contribution >= 0.6 is 11.1 Å². The maximum Gasteiger partial charge on any atom is 0.391 e. The molecule has 24 heavy (non-hydrogen) atoms. The Labute approximate surface area is 141 Å². The summed E-state index contributed by atoms with van der Waals surface area (Å²) < 4.78 is 40.9. The Hall–Kier alpha value is -1.02. The number of aliphatic hydroxyl groups excluding tert-OH is 1. The lowest BCUT2D eigenvalue weighted by atomic mass is 9.79. The van der Waals surface area contributed by atoms with E-state index >= 15 is 0 Å². The van der Waals surface area contributed by atoms with E-state index < -0.39 is 28.6 Å². The number of alkyl halides is 3. The summed E-state index contributed by atoms with van der Waals surface area (Å²) in [4.78, 5) is 8.72. The van der Waals surface area contributed by atoms with Crippen LogP contribution in [0.1, 0.15) is 44.9 Å². The van der Waals surface area contributed by atoms with E-state index in [4.69, 9.17) is 0 Å². The molecule has 2 aliphatic carbocycles. The largest absolute Gasteiger partial charge is 0.391 e. The number of thiol groups is 1. The average Bonchev–Trinajstić information content (AvgIpc) is 3.15. The molecule has 4 unspecified atom stereocenters. The Balaban J connectivity index is 1.46. The summed E-state index contributed by atoms with van der Waals surface area (Å²) in [6.45, 7) is 0. The summed E-state index contributed by atoms with van der Waals surface area (Å²) in [5.74, 6) is -0.0464. The summed E-state index contributed by atoms with van der Waals surface area (Å²) in [7, 11) is 0. The van der Waals surface area contributed by atoms with E-state index in [1.165, 1.54) is 0 Å². The van der Waals surface area contributed by atoms with Gasteiger partial charge >= 0.3 is 6.18 Å². The highest BCUT2D eigenvalue weighted by atomic mass is 32.2. The van der Waals surface area contributed by atoms with Gasteiger partial charge in [0.25, 0.3) is 0 Å². The van der Waals surface area contributed by atoms with Crippen LogP contribution in [0, 0.1) is 17.8 Å². The maximum absolute atomic E-state index is 13.0. The zero-order valence-electron chi connectivity index (χ0n) is 13.3. The van der Waals surface area contributed by atoms with Gasteiger partial charge in [0.05, 0.1) is 17.2 Å². The standard InChI is InChI=1S/C16H22F3N3OS/c17-16(18,19)12-3-1-2-10(6-12)7-14(23)24-15(11-4-5-11)21-13-8-20-9-22(13)24/h8-12,14,23-24H,1-7H2. The van der Waals surface area contributed by atoms with Gasteiger partial charge < -0.3 is 5.11 Å². The highest BCUT2D eigenvalue weighted by Gasteiger charge is 2.44. The van der Waals surface area contributed by atoms with Crippen LogP contribution in [0.4, 0.5) is 19.0 Å². The van der Waals surface area contributed by atoms with Crippen molar-refractivity contribution < 1.29 is 18.3 Å². The second-order valence-electron chi connectivity index (χ2n) is 7.17. The Bertz CT molecular complexity index is 641. The Morgan fingerprint density at radius 3 is 2.79 bits per heavy atom. The monoisotopic (exact) mass is 361 g/mol. The minimum Gasteiger partial charge on any atom is -0.382 e. The van der Waals surface area contributed by atoms with Crippen molar-refractivity contribution >= 4 is 21.9 Å². The molecule has 4 atom stereocenters. The van der Waals surface area contributed by atoms with Crippen molar-refractivity contribution in [1.29, 1.82) is 0 Å². The van der Waals surface area contributed by atoms with Crippen LogP contribution in [0.2, 0.25) is 0 Å². The first-order chi connectivity index (χ1) is 11.4. The van der Waals surface area contributed by atoms with Crippen LogP contribution in [0.25, 0.3) is 0 Å². The number of nitrogens with zero attached hydrogens (tertiary/aromatic N) is 3. The molecule has 0 bridgehead atoms. The molecule has 4 rings (SSSR count). The minimum absolute atomic E-state index is 0.0594. The van der Waals surface area contributed by atoms with E-state index in [1.54, 1.807) is 12.5 Å². The molecule has 2 heterocycles. The summed E-state index contributed by atoms with van der Waals surface area (Å²) in [6, 6.07) is 0. The molecule has 0 amide bonds. The van der Waals surface area contributed by atoms with Crippen LogP contribution in [0.5, 0.6) is 0 Å². The molecule has 2 saturated carbocycles. The van der Waals surface area contributed by atoms with Crippen molar-refractivity contribution in [2.24, 2.45) is 22.7 Å². The molecule has 0 saturated heterocycles. The van der Waals surface area contributed by atoms with Crippen LogP contribution in [0.3, 0.4) is 0 Å². The molecule has 0 spiro atoms. The molecule has 0 radical (unpaired) electrons. The first-order valence-electron chi connectivity index (χ1n) is 8.58. The zero-order valence-corrected chi connectivity index (χ0v) is 14.2. The number of aliphatic hydroxyl groups is 1. The van der Waals surface area contributed by atoms with Crippen LogP contribution < -0.4 is 0 Å². The highest BCUT2D eigenvalue weighted by molar-refractivity contribution is 8.29. The third-order valence-electron chi connectivity index (χ3n) is 5.31. The number of hydrogen-bond donors (Lipinski definition) is 2. The molecular formula is C16H22F3N3OS. The van der Waals surface area contributed by atoms with Gasteiger partial charge in [-0.15, -0.1) is 11.1 Å². The number of rotatable bonds is 4. The first-order valence-corrected chi connectivity index (χ1v) is 9.95. The maximum atomic E-state index is 13.0. The fourth-order valence-corrected chi connectivity index (χ4v) is 6.56. The molecular weight excluding hydrogens is 339 g/mol. The van der Waals surface area contributed by atoms with E-state index in [2.05, 4.69) is 9.98 Å². The number of imidazole rings is 1. The fourth-order valence-electron chi connectivity index (χ4n) is 3.92. The molecule has 1 N–H and O–H groups in total. The van der Waals surface area contributed by atoms with Crippen molar-refractivity contribution in [3.05, 3.63) is 12.5 Å². The topological polar surface area (TPSA) is 50.4 Å². The van der Waals surface area contributed by atoms with Gasteiger partial charge in [0.15, 0.2) is 5.82 Å². The molecule has 4 nitrogen and oxygen atoms in total. The number of aliphatic imine (C=N–C) groups is 1. The predicted molar refractivity (Wildman–Crippen MR) is 88.6 cm³/mol. The van der Waals surface area contributed by atoms with Gasteiger partial charge in [-0.05, 0) is 38.0 Å². The van der Waals surface area contributed by atoms with Gasteiger partial charge in [0.1, 0.15) is 11.8 Å². The first kappa shape index (κ1) is 16.4. The zero-order chi connectivity index (χ0) is 16.9. The quantitative estimate of drug-likeness (QED) is 0.791. The van der Waals surface area contributed by atoms with Gasteiger partial charge in [-0.3, -0.25) is 3.97 Å². The van der Waals surface area contributed by atoms with Gasteiger partial charge in [-0.2, -0.15) is 13.2 Å². The van der Waals surface area contributed by atoms with Crippen LogP contribution in [0.15, 0.2) is 17.5 Å². The molecule has 3 aliphatic rings. The minimum atomic E-state index is -4.11. The third-order valence-corrected chi connectivity index (χ3v) is 7.79. The van der Waals surface area contributed by atoms with Crippen molar-refractivity contribution in [2.75, 3.05) is 0 Å². The van der Waals surface area contributed by atoms with E-state index in [0.29, 0.717) is 18.8 Å². The van der Waals surface area contributed by atoms with E-state index in [1.807, 2.05) is 3.97 Å². The molecule has 1 aromatic rings. The predicted octanol–water partition coefficient (Wildman–Crippen LogP) is 4.18. The summed E-state index contributed by atoms with van der Waals surface area (Å²) >= 11 is -1.01. The molecule has 8 heteroatoms. The normalized spacial score (nSPS) is 33.2. The lowest BCUT2D eigenvalue weighted by molar-refractivity contribution is -0.186. The van der Waals surface area contributed by atoms with E-state index in [9.17, 15) is 18.3 Å². The average molecular weight is 361 g/mol. The summed E-state index contributed by atoms with van der Waals surface area (Å²) in [5, 5.41) is 11.9. The lowest BCUT2D eigenvalue weighted by Gasteiger charge is -2.34. The molecule has 2 fully saturated rings. The van der Waals surface area contributed by atoms with Gasteiger partial charge in [0, 0.05) is 5.92 Å². The van der Waals surface area contributed by atoms with Crippen molar-refractivity contribution in [3.63, 3.8) is 0 Å². The molecule has 1 aromatic heterocycles. The second-order valence-corrected chi connectivity index (χ2v) is 9.35. The van der Waals surface area contributed by atoms with Crippen LogP contribution in [-0.4, -0.2) is 30.7 Å². The fraction of sp³-hybridized carbons (Fsp3) is 0.750. The number of hydrogen-bond acceptors (Lipinski definition) is 3. The Kier molecular flexibility index (Phi) is 4.15. The smallest absolute Gasteiger partial charge is 0.382 e. The van der Waals surface area contributed by atoms with Gasteiger partial charge in [-0.1, -0.05) is 12.8 Å². The number of aromatic nitrogens is 2. The van der Waals surface area contributed by atoms with Crippen LogP contribution in [-0.2, 0) is 0 Å². The SMILES string of the molecule is OC(CC1CCCC(C(F)(F)F)C1)[SH]1C(C2CC2)=Nc2cncn21.